The Balaban J connectivity index is 2.09. The van der Waals surface area contributed by atoms with Gasteiger partial charge in [0.15, 0.2) is 0 Å². The number of carbonyl (C=O) groups excluding carboxylic acids is 1. The third-order valence-corrected chi connectivity index (χ3v) is 4.46. The largest absolute Gasteiger partial charge is 0.497 e. The number of urea groups is 1. The predicted molar refractivity (Wildman–Crippen MR) is 95.3 cm³/mol. The molecule has 0 unspecified atom stereocenters. The number of carbonyl (C=O) groups is 1. The lowest BCUT2D eigenvalue weighted by Gasteiger charge is -2.34. The van der Waals surface area contributed by atoms with Crippen molar-refractivity contribution in [1.82, 2.24) is 10.2 Å². The Kier molecular flexibility index (Phi) is 6.10. The van der Waals surface area contributed by atoms with Gasteiger partial charge in [-0.05, 0) is 29.5 Å². The molecule has 1 aromatic carbocycles. The summed E-state index contributed by atoms with van der Waals surface area (Å²) >= 11 is 0. The van der Waals surface area contributed by atoms with Crippen molar-refractivity contribution in [3.8, 4) is 5.75 Å². The Morgan fingerprint density at radius 3 is 2.79 bits per heavy atom. The van der Waals surface area contributed by atoms with Gasteiger partial charge < -0.3 is 19.7 Å². The van der Waals surface area contributed by atoms with Crippen LogP contribution in [0.1, 0.15) is 38.8 Å². The number of rotatable bonds is 5. The maximum absolute atomic E-state index is 12.7. The highest BCUT2D eigenvalue weighted by Crippen LogP contribution is 2.34. The molecule has 0 aliphatic carbocycles. The Morgan fingerprint density at radius 1 is 1.46 bits per heavy atom. The average Bonchev–Trinajstić information content (AvgIpc) is 3.04. The Morgan fingerprint density at radius 2 is 2.21 bits per heavy atom. The van der Waals surface area contributed by atoms with Crippen molar-refractivity contribution in [2.75, 3.05) is 33.9 Å². The maximum Gasteiger partial charge on any atom is 0.317 e. The van der Waals surface area contributed by atoms with Gasteiger partial charge >= 0.3 is 6.03 Å². The Hall–Kier alpha value is -1.75. The molecule has 0 bridgehead atoms. The van der Waals surface area contributed by atoms with Crippen LogP contribution < -0.4 is 10.1 Å². The van der Waals surface area contributed by atoms with E-state index in [4.69, 9.17) is 9.47 Å². The number of amides is 2. The van der Waals surface area contributed by atoms with E-state index in [2.05, 4.69) is 26.1 Å². The van der Waals surface area contributed by atoms with E-state index < -0.39 is 0 Å². The van der Waals surface area contributed by atoms with E-state index in [-0.39, 0.29) is 17.5 Å². The number of nitrogens with one attached hydrogen (secondary N) is 1. The standard InChI is InChI=1S/C19H30N2O3/c1-19(2,3)17(15-7-6-8-16(11-15)23-5)20-18(22)21(4)12-14-9-10-24-13-14/h6-8,11,14,17H,9-10,12-13H2,1-5H3,(H,20,22)/t14-,17+/m1/s1. The zero-order valence-corrected chi connectivity index (χ0v) is 15.5. The number of ether oxygens (including phenoxy) is 2. The highest BCUT2D eigenvalue weighted by molar-refractivity contribution is 5.74. The minimum absolute atomic E-state index is 0.0513. The van der Waals surface area contributed by atoms with Crippen LogP contribution >= 0.6 is 0 Å². The highest BCUT2D eigenvalue weighted by Gasteiger charge is 2.30. The van der Waals surface area contributed by atoms with E-state index in [0.717, 1.165) is 37.5 Å². The molecule has 134 valence electrons. The molecule has 1 aliphatic rings. The fraction of sp³-hybridized carbons (Fsp3) is 0.632. The van der Waals surface area contributed by atoms with Crippen LogP contribution in [0.25, 0.3) is 0 Å². The van der Waals surface area contributed by atoms with Crippen LogP contribution in [0, 0.1) is 11.3 Å². The zero-order chi connectivity index (χ0) is 17.7. The first-order valence-electron chi connectivity index (χ1n) is 8.54. The van der Waals surface area contributed by atoms with Gasteiger partial charge in [0.2, 0.25) is 0 Å². The van der Waals surface area contributed by atoms with E-state index >= 15 is 0 Å². The molecule has 1 heterocycles. The van der Waals surface area contributed by atoms with Crippen LogP contribution in [0.15, 0.2) is 24.3 Å². The Bertz CT molecular complexity index is 548. The van der Waals surface area contributed by atoms with Crippen molar-refractivity contribution in [3.63, 3.8) is 0 Å². The van der Waals surface area contributed by atoms with Gasteiger partial charge in [0.25, 0.3) is 0 Å². The second kappa shape index (κ2) is 7.88. The number of hydrogen-bond donors (Lipinski definition) is 1. The minimum atomic E-state index is -0.112. The van der Waals surface area contributed by atoms with E-state index in [1.54, 1.807) is 12.0 Å². The molecule has 1 fully saturated rings. The third-order valence-electron chi connectivity index (χ3n) is 4.46. The first-order chi connectivity index (χ1) is 11.3. The molecule has 0 radical (unpaired) electrons. The topological polar surface area (TPSA) is 50.8 Å². The summed E-state index contributed by atoms with van der Waals surface area (Å²) in [5.41, 5.74) is 0.937. The second-order valence-electron chi connectivity index (χ2n) is 7.64. The molecule has 0 saturated carbocycles. The van der Waals surface area contributed by atoms with Crippen molar-refractivity contribution >= 4 is 6.03 Å². The summed E-state index contributed by atoms with van der Waals surface area (Å²) in [5.74, 6) is 1.23. The molecule has 1 aliphatic heterocycles. The van der Waals surface area contributed by atoms with Crippen molar-refractivity contribution in [2.24, 2.45) is 11.3 Å². The lowest BCUT2D eigenvalue weighted by molar-refractivity contribution is 0.165. The molecule has 2 rings (SSSR count). The number of nitrogens with zero attached hydrogens (tertiary/aromatic N) is 1. The molecule has 5 heteroatoms. The summed E-state index contributed by atoms with van der Waals surface area (Å²) in [6, 6.07) is 7.74. The Labute approximate surface area is 145 Å². The van der Waals surface area contributed by atoms with Gasteiger partial charge in [-0.1, -0.05) is 32.9 Å². The normalized spacial score (nSPS) is 19.0. The smallest absolute Gasteiger partial charge is 0.317 e. The van der Waals surface area contributed by atoms with Gasteiger partial charge in [0, 0.05) is 26.1 Å². The summed E-state index contributed by atoms with van der Waals surface area (Å²) in [6.07, 6.45) is 1.02. The van der Waals surface area contributed by atoms with Gasteiger partial charge in [-0.3, -0.25) is 0 Å². The van der Waals surface area contributed by atoms with Crippen molar-refractivity contribution < 1.29 is 14.3 Å². The first-order valence-corrected chi connectivity index (χ1v) is 8.54. The molecule has 0 spiro atoms. The first kappa shape index (κ1) is 18.6. The maximum atomic E-state index is 12.7. The van der Waals surface area contributed by atoms with Crippen LogP contribution in [0.3, 0.4) is 0 Å². The predicted octanol–water partition coefficient (Wildman–Crippen LogP) is 3.46. The molecule has 5 nitrogen and oxygen atoms in total. The van der Waals surface area contributed by atoms with Crippen LogP contribution in [-0.2, 0) is 4.74 Å². The fourth-order valence-corrected chi connectivity index (χ4v) is 3.05. The van der Waals surface area contributed by atoms with Gasteiger partial charge in [0.05, 0.1) is 19.8 Å². The lowest BCUT2D eigenvalue weighted by atomic mass is 9.82. The van der Waals surface area contributed by atoms with Crippen molar-refractivity contribution in [1.29, 1.82) is 0 Å². The van der Waals surface area contributed by atoms with Gasteiger partial charge in [-0.25, -0.2) is 4.79 Å². The van der Waals surface area contributed by atoms with Crippen LogP contribution in [0.2, 0.25) is 0 Å². The van der Waals surface area contributed by atoms with Gasteiger partial charge in [0.1, 0.15) is 5.75 Å². The molecule has 1 N–H and O–H groups in total. The second-order valence-corrected chi connectivity index (χ2v) is 7.64. The van der Waals surface area contributed by atoms with E-state index in [0.29, 0.717) is 5.92 Å². The number of methoxy groups -OCH3 is 1. The molecular weight excluding hydrogens is 304 g/mol. The molecule has 2 amide bonds. The average molecular weight is 334 g/mol. The van der Waals surface area contributed by atoms with Crippen LogP contribution in [-0.4, -0.2) is 44.8 Å². The number of benzene rings is 1. The lowest BCUT2D eigenvalue weighted by Crippen LogP contribution is -2.45. The van der Waals surface area contributed by atoms with Gasteiger partial charge in [-0.2, -0.15) is 0 Å². The monoisotopic (exact) mass is 334 g/mol. The summed E-state index contributed by atoms with van der Waals surface area (Å²) in [7, 11) is 3.50. The summed E-state index contributed by atoms with van der Waals surface area (Å²) in [4.78, 5) is 14.4. The van der Waals surface area contributed by atoms with E-state index in [1.165, 1.54) is 0 Å². The highest BCUT2D eigenvalue weighted by atomic mass is 16.5. The van der Waals surface area contributed by atoms with Crippen molar-refractivity contribution in [2.45, 2.75) is 33.2 Å². The fourth-order valence-electron chi connectivity index (χ4n) is 3.05. The molecule has 1 aromatic rings. The molecule has 0 aromatic heterocycles. The minimum Gasteiger partial charge on any atom is -0.497 e. The summed E-state index contributed by atoms with van der Waals surface area (Å²) in [6.45, 7) is 8.65. The molecule has 2 atom stereocenters. The van der Waals surface area contributed by atoms with Crippen LogP contribution in [0.5, 0.6) is 5.75 Å². The van der Waals surface area contributed by atoms with Crippen molar-refractivity contribution in [3.05, 3.63) is 29.8 Å². The van der Waals surface area contributed by atoms with E-state index in [1.807, 2.05) is 31.3 Å². The zero-order valence-electron chi connectivity index (χ0n) is 15.5. The summed E-state index contributed by atoms with van der Waals surface area (Å²) < 4.78 is 10.7. The SMILES string of the molecule is COc1cccc([C@H](NC(=O)N(C)C[C@H]2CCOC2)C(C)(C)C)c1. The third kappa shape index (κ3) is 4.87. The molecular formula is C19H30N2O3. The quantitative estimate of drug-likeness (QED) is 0.897. The van der Waals surface area contributed by atoms with E-state index in [9.17, 15) is 4.79 Å². The summed E-state index contributed by atoms with van der Waals surface area (Å²) in [5, 5.41) is 3.19. The molecule has 24 heavy (non-hydrogen) atoms. The number of hydrogen-bond acceptors (Lipinski definition) is 3. The van der Waals surface area contributed by atoms with Crippen LogP contribution in [0.4, 0.5) is 4.79 Å². The van der Waals surface area contributed by atoms with Gasteiger partial charge in [-0.15, -0.1) is 0 Å². The molecule has 1 saturated heterocycles.